The van der Waals surface area contributed by atoms with Gasteiger partial charge in [0.1, 0.15) is 0 Å². The van der Waals surface area contributed by atoms with Gasteiger partial charge in [0, 0.05) is 6.20 Å². The summed E-state index contributed by atoms with van der Waals surface area (Å²) in [4.78, 5) is 16.0. The van der Waals surface area contributed by atoms with Gasteiger partial charge in [-0.05, 0) is 30.7 Å². The van der Waals surface area contributed by atoms with Crippen molar-refractivity contribution in [2.75, 3.05) is 5.43 Å². The van der Waals surface area contributed by atoms with Gasteiger partial charge in [-0.25, -0.2) is 18.2 Å². The van der Waals surface area contributed by atoms with Crippen molar-refractivity contribution < 1.29 is 31.5 Å². The van der Waals surface area contributed by atoms with Crippen molar-refractivity contribution in [1.82, 2.24) is 9.82 Å². The lowest BCUT2D eigenvalue weighted by atomic mass is 10.1. The predicted octanol–water partition coefficient (Wildman–Crippen LogP) is 3.07. The summed E-state index contributed by atoms with van der Waals surface area (Å²) < 4.78 is 62.3. The highest BCUT2D eigenvalue weighted by Gasteiger charge is 2.31. The number of aromatic nitrogens is 1. The number of sulfonamides is 1. The summed E-state index contributed by atoms with van der Waals surface area (Å²) in [5.74, 6) is -1.67. The van der Waals surface area contributed by atoms with Crippen molar-refractivity contribution in [3.8, 4) is 0 Å². The number of nitrogens with zero attached hydrogens (tertiary/aromatic N) is 1. The molecule has 0 bridgehead atoms. The fraction of sp³-hybridized carbons (Fsp3) is 0.143. The first-order valence-electron chi connectivity index (χ1n) is 6.76. The van der Waals surface area contributed by atoms with Crippen LogP contribution in [-0.2, 0) is 16.2 Å². The van der Waals surface area contributed by atoms with E-state index >= 15 is 0 Å². The molecular formula is C14H11ClF3N3O4S. The van der Waals surface area contributed by atoms with Crippen LogP contribution in [0.4, 0.5) is 19.0 Å². The molecule has 2 aromatic rings. The van der Waals surface area contributed by atoms with E-state index in [4.69, 9.17) is 16.7 Å². The van der Waals surface area contributed by atoms with Gasteiger partial charge in [0.15, 0.2) is 5.82 Å². The molecule has 0 aliphatic heterocycles. The van der Waals surface area contributed by atoms with Crippen molar-refractivity contribution in [3.05, 3.63) is 52.2 Å². The molecule has 0 unspecified atom stereocenters. The lowest BCUT2D eigenvalue weighted by Gasteiger charge is -2.13. The lowest BCUT2D eigenvalue weighted by molar-refractivity contribution is -0.137. The number of carbonyl (C=O) groups is 1. The molecule has 1 heterocycles. The van der Waals surface area contributed by atoms with E-state index in [9.17, 15) is 26.4 Å². The number of halogens is 4. The second-order valence-electron chi connectivity index (χ2n) is 5.07. The van der Waals surface area contributed by atoms with Crippen LogP contribution in [0.5, 0.6) is 0 Å². The molecule has 0 aliphatic carbocycles. The van der Waals surface area contributed by atoms with Gasteiger partial charge in [-0.2, -0.15) is 13.2 Å². The highest BCUT2D eigenvalue weighted by molar-refractivity contribution is 7.89. The van der Waals surface area contributed by atoms with Crippen molar-refractivity contribution in [1.29, 1.82) is 0 Å². The second-order valence-corrected chi connectivity index (χ2v) is 7.13. The number of carboxylic acid groups (broad SMARTS) is 1. The average Bonchev–Trinajstić information content (AvgIpc) is 2.52. The molecule has 7 nitrogen and oxygen atoms in total. The number of hydrazine groups is 1. The van der Waals surface area contributed by atoms with Crippen molar-refractivity contribution in [2.24, 2.45) is 0 Å². The number of anilines is 1. The Morgan fingerprint density at radius 3 is 2.46 bits per heavy atom. The van der Waals surface area contributed by atoms with E-state index in [1.54, 1.807) is 0 Å². The number of rotatable bonds is 5. The predicted molar refractivity (Wildman–Crippen MR) is 86.3 cm³/mol. The van der Waals surface area contributed by atoms with Gasteiger partial charge in [0.05, 0.1) is 21.0 Å². The van der Waals surface area contributed by atoms with Crippen LogP contribution < -0.4 is 10.3 Å². The number of nitrogens with one attached hydrogen (secondary N) is 2. The third kappa shape index (κ3) is 4.42. The molecular weight excluding hydrogens is 399 g/mol. The van der Waals surface area contributed by atoms with Crippen LogP contribution in [0, 0.1) is 6.92 Å². The number of hydrogen-bond acceptors (Lipinski definition) is 5. The van der Waals surface area contributed by atoms with E-state index in [0.29, 0.717) is 12.3 Å². The average molecular weight is 410 g/mol. The summed E-state index contributed by atoms with van der Waals surface area (Å²) in [6.07, 6.45) is -4.16. The van der Waals surface area contributed by atoms with E-state index in [0.717, 1.165) is 6.07 Å². The van der Waals surface area contributed by atoms with E-state index < -0.39 is 32.8 Å². The number of aryl methyl sites for hydroxylation is 1. The summed E-state index contributed by atoms with van der Waals surface area (Å²) in [5.41, 5.74) is 1.03. The first-order valence-corrected chi connectivity index (χ1v) is 8.62. The van der Waals surface area contributed by atoms with Crippen LogP contribution in [0.25, 0.3) is 0 Å². The molecule has 0 atom stereocenters. The third-order valence-electron chi connectivity index (χ3n) is 3.20. The zero-order chi connectivity index (χ0) is 19.7. The zero-order valence-electron chi connectivity index (χ0n) is 12.9. The largest absolute Gasteiger partial charge is 0.478 e. The van der Waals surface area contributed by atoms with E-state index in [2.05, 4.69) is 10.4 Å². The maximum Gasteiger partial charge on any atom is 0.417 e. The van der Waals surface area contributed by atoms with Gasteiger partial charge in [-0.3, -0.25) is 5.43 Å². The lowest BCUT2D eigenvalue weighted by Crippen LogP contribution is -2.31. The Labute approximate surface area is 150 Å². The Balaban J connectivity index is 2.26. The highest BCUT2D eigenvalue weighted by atomic mass is 35.5. The fourth-order valence-electron chi connectivity index (χ4n) is 1.88. The van der Waals surface area contributed by atoms with Crippen LogP contribution in [0.2, 0.25) is 5.02 Å². The molecule has 0 spiro atoms. The first kappa shape index (κ1) is 19.9. The van der Waals surface area contributed by atoms with Crippen LogP contribution >= 0.6 is 11.6 Å². The van der Waals surface area contributed by atoms with Gasteiger partial charge in [0.2, 0.25) is 0 Å². The highest BCUT2D eigenvalue weighted by Crippen LogP contribution is 2.32. The number of aromatic carboxylic acids is 1. The third-order valence-corrected chi connectivity index (χ3v) is 4.87. The number of carboxylic acids is 1. The molecule has 3 N–H and O–H groups in total. The Morgan fingerprint density at radius 2 is 1.92 bits per heavy atom. The minimum absolute atomic E-state index is 0.248. The summed E-state index contributed by atoms with van der Waals surface area (Å²) in [6.45, 7) is 1.45. The van der Waals surface area contributed by atoms with Crippen LogP contribution in [0.15, 0.2) is 35.4 Å². The zero-order valence-corrected chi connectivity index (χ0v) is 14.5. The molecule has 0 saturated heterocycles. The summed E-state index contributed by atoms with van der Waals surface area (Å²) >= 11 is 5.67. The molecule has 0 fully saturated rings. The number of alkyl halides is 3. The van der Waals surface area contributed by atoms with Gasteiger partial charge in [0.25, 0.3) is 10.0 Å². The number of benzene rings is 1. The Morgan fingerprint density at radius 1 is 1.27 bits per heavy atom. The minimum atomic E-state index is -4.65. The van der Waals surface area contributed by atoms with E-state index in [1.807, 2.05) is 4.83 Å². The van der Waals surface area contributed by atoms with E-state index in [1.165, 1.54) is 19.1 Å². The monoisotopic (exact) mass is 409 g/mol. The molecule has 0 aliphatic rings. The Kier molecular flexibility index (Phi) is 5.44. The first-order chi connectivity index (χ1) is 11.9. The Bertz CT molecular complexity index is 964. The van der Waals surface area contributed by atoms with Crippen LogP contribution in [0.1, 0.15) is 21.5 Å². The normalized spacial score (nSPS) is 12.0. The van der Waals surface area contributed by atoms with Crippen molar-refractivity contribution >= 4 is 33.4 Å². The van der Waals surface area contributed by atoms with Crippen molar-refractivity contribution in [2.45, 2.75) is 18.0 Å². The smallest absolute Gasteiger partial charge is 0.417 e. The summed E-state index contributed by atoms with van der Waals surface area (Å²) in [5, 5.41) is 8.49. The molecule has 140 valence electrons. The maximum atomic E-state index is 12.6. The summed E-state index contributed by atoms with van der Waals surface area (Å²) in [7, 11) is -4.25. The van der Waals surface area contributed by atoms with Gasteiger partial charge in [-0.15, -0.1) is 4.83 Å². The SMILES string of the molecule is Cc1ccc(C(=O)O)cc1S(=O)(=O)NNc1ncc(C(F)(F)F)cc1Cl. The van der Waals surface area contributed by atoms with Gasteiger partial charge >= 0.3 is 12.1 Å². The summed E-state index contributed by atoms with van der Waals surface area (Å²) in [6, 6.07) is 4.07. The molecule has 0 saturated carbocycles. The van der Waals surface area contributed by atoms with Crippen LogP contribution in [-0.4, -0.2) is 24.5 Å². The quantitative estimate of drug-likeness (QED) is 0.655. The number of pyridine rings is 1. The van der Waals surface area contributed by atoms with Gasteiger partial charge in [-0.1, -0.05) is 17.7 Å². The minimum Gasteiger partial charge on any atom is -0.478 e. The molecule has 0 radical (unpaired) electrons. The molecule has 0 amide bonds. The van der Waals surface area contributed by atoms with Crippen LogP contribution in [0.3, 0.4) is 0 Å². The number of hydrogen-bond donors (Lipinski definition) is 3. The standard InChI is InChI=1S/C14H11ClF3N3O4S/c1-7-2-3-8(13(22)23)4-11(7)26(24,25)21-20-12-10(15)5-9(6-19-12)14(16,17)18/h2-6,21H,1H3,(H,19,20)(H,22,23). The molecule has 2 rings (SSSR count). The molecule has 1 aromatic heterocycles. The van der Waals surface area contributed by atoms with Crippen molar-refractivity contribution in [3.63, 3.8) is 0 Å². The molecule has 1 aromatic carbocycles. The topological polar surface area (TPSA) is 108 Å². The fourth-order valence-corrected chi connectivity index (χ4v) is 3.21. The molecule has 26 heavy (non-hydrogen) atoms. The molecule has 12 heteroatoms. The second kappa shape index (κ2) is 7.09. The maximum absolute atomic E-state index is 12.6. The van der Waals surface area contributed by atoms with Gasteiger partial charge < -0.3 is 5.11 Å². The Hall–Kier alpha value is -2.37. The van der Waals surface area contributed by atoms with E-state index in [-0.39, 0.29) is 21.8 Å².